The maximum Gasteiger partial charge on any atom is 0.364 e. The van der Waals surface area contributed by atoms with E-state index in [9.17, 15) is 4.79 Å². The molecule has 1 N–H and O–H groups in total. The lowest BCUT2D eigenvalue weighted by Gasteiger charge is -2.30. The standard InChI is InChI=1S/C15H21NO2/c1-2-18-15(17)14-10-6-7-11-16(14)12-13-8-4-3-5-9-13/h3-5,8-9,14H,2,6-7,10-12H2,1H3/p+1/t14-/m0/s1. The molecule has 3 nitrogen and oxygen atoms in total. The Hall–Kier alpha value is -1.35. The zero-order valence-corrected chi connectivity index (χ0v) is 11.0. The fraction of sp³-hybridized carbons (Fsp3) is 0.533. The number of hydrogen-bond donors (Lipinski definition) is 1. The number of benzene rings is 1. The molecule has 1 unspecified atom stereocenters. The Morgan fingerprint density at radius 2 is 2.11 bits per heavy atom. The second-order valence-corrected chi connectivity index (χ2v) is 4.87. The van der Waals surface area contributed by atoms with Crippen molar-refractivity contribution in [3.05, 3.63) is 35.9 Å². The van der Waals surface area contributed by atoms with Crippen molar-refractivity contribution in [3.8, 4) is 0 Å². The summed E-state index contributed by atoms with van der Waals surface area (Å²) in [5.41, 5.74) is 1.30. The van der Waals surface area contributed by atoms with Crippen LogP contribution in [0.25, 0.3) is 0 Å². The lowest BCUT2D eigenvalue weighted by atomic mass is 10.0. The fourth-order valence-corrected chi connectivity index (χ4v) is 2.68. The van der Waals surface area contributed by atoms with Gasteiger partial charge in [-0.25, -0.2) is 4.79 Å². The third-order valence-electron chi connectivity index (χ3n) is 3.58. The first-order chi connectivity index (χ1) is 8.81. The number of piperidine rings is 1. The van der Waals surface area contributed by atoms with E-state index < -0.39 is 0 Å². The van der Waals surface area contributed by atoms with Crippen LogP contribution in [0.4, 0.5) is 0 Å². The Labute approximate surface area is 109 Å². The largest absolute Gasteiger partial charge is 0.462 e. The van der Waals surface area contributed by atoms with Crippen molar-refractivity contribution < 1.29 is 14.4 Å². The summed E-state index contributed by atoms with van der Waals surface area (Å²) in [7, 11) is 0. The van der Waals surface area contributed by atoms with Gasteiger partial charge < -0.3 is 9.64 Å². The lowest BCUT2D eigenvalue weighted by Crippen LogP contribution is -3.16. The van der Waals surface area contributed by atoms with E-state index in [-0.39, 0.29) is 12.0 Å². The molecule has 0 amide bonds. The number of esters is 1. The molecule has 1 aliphatic rings. The summed E-state index contributed by atoms with van der Waals surface area (Å²) < 4.78 is 5.19. The molecule has 18 heavy (non-hydrogen) atoms. The first-order valence-corrected chi connectivity index (χ1v) is 6.86. The maximum absolute atomic E-state index is 12.0. The van der Waals surface area contributed by atoms with E-state index in [1.807, 2.05) is 13.0 Å². The first-order valence-electron chi connectivity index (χ1n) is 6.86. The minimum absolute atomic E-state index is 0.0249. The minimum atomic E-state index is -0.0249. The van der Waals surface area contributed by atoms with Gasteiger partial charge in [0, 0.05) is 12.0 Å². The van der Waals surface area contributed by atoms with Crippen molar-refractivity contribution in [3.63, 3.8) is 0 Å². The summed E-state index contributed by atoms with van der Waals surface area (Å²) in [4.78, 5) is 13.3. The van der Waals surface area contributed by atoms with Gasteiger partial charge in [-0.05, 0) is 19.8 Å². The molecular weight excluding hydrogens is 226 g/mol. The second-order valence-electron chi connectivity index (χ2n) is 4.87. The Bertz CT molecular complexity index is 377. The molecule has 0 bridgehead atoms. The van der Waals surface area contributed by atoms with E-state index in [1.165, 1.54) is 16.9 Å². The smallest absolute Gasteiger partial charge is 0.364 e. The van der Waals surface area contributed by atoms with Crippen molar-refractivity contribution in [2.24, 2.45) is 0 Å². The Morgan fingerprint density at radius 1 is 1.33 bits per heavy atom. The van der Waals surface area contributed by atoms with Gasteiger partial charge in [-0.1, -0.05) is 30.3 Å². The highest BCUT2D eigenvalue weighted by molar-refractivity contribution is 5.74. The number of carbonyl (C=O) groups excluding carboxylic acids is 1. The van der Waals surface area contributed by atoms with Crippen LogP contribution in [0.3, 0.4) is 0 Å². The van der Waals surface area contributed by atoms with Crippen molar-refractivity contribution >= 4 is 5.97 Å². The molecule has 1 aliphatic heterocycles. The monoisotopic (exact) mass is 248 g/mol. The van der Waals surface area contributed by atoms with Crippen molar-refractivity contribution in [2.45, 2.75) is 38.8 Å². The maximum atomic E-state index is 12.0. The number of nitrogens with one attached hydrogen (secondary N) is 1. The number of quaternary nitrogens is 1. The summed E-state index contributed by atoms with van der Waals surface area (Å²) in [6, 6.07) is 10.4. The van der Waals surface area contributed by atoms with E-state index in [2.05, 4.69) is 24.3 Å². The molecule has 0 aliphatic carbocycles. The molecule has 1 fully saturated rings. The van der Waals surface area contributed by atoms with Gasteiger partial charge in [0.25, 0.3) is 0 Å². The molecule has 1 aromatic carbocycles. The normalized spacial score (nSPS) is 23.6. The molecule has 1 aromatic rings. The van der Waals surface area contributed by atoms with Crippen LogP contribution in [0.2, 0.25) is 0 Å². The van der Waals surface area contributed by atoms with Crippen LogP contribution in [-0.4, -0.2) is 25.2 Å². The Balaban J connectivity index is 2.01. The van der Waals surface area contributed by atoms with Crippen molar-refractivity contribution in [1.29, 1.82) is 0 Å². The molecular formula is C15H22NO2+. The summed E-state index contributed by atoms with van der Waals surface area (Å²) in [6.07, 6.45) is 3.31. The van der Waals surface area contributed by atoms with Crippen LogP contribution in [0.1, 0.15) is 31.7 Å². The predicted octanol–water partition coefficient (Wildman–Crippen LogP) is 1.19. The number of carbonyl (C=O) groups is 1. The molecule has 0 radical (unpaired) electrons. The van der Waals surface area contributed by atoms with Crippen molar-refractivity contribution in [1.82, 2.24) is 0 Å². The third kappa shape index (κ3) is 3.33. The van der Waals surface area contributed by atoms with Crippen LogP contribution in [0.5, 0.6) is 0 Å². The zero-order chi connectivity index (χ0) is 12.8. The van der Waals surface area contributed by atoms with Gasteiger partial charge in [0.15, 0.2) is 6.04 Å². The molecule has 0 spiro atoms. The Morgan fingerprint density at radius 3 is 2.83 bits per heavy atom. The highest BCUT2D eigenvalue weighted by atomic mass is 16.5. The quantitative estimate of drug-likeness (QED) is 0.811. The van der Waals surface area contributed by atoms with Gasteiger partial charge in [0.1, 0.15) is 6.54 Å². The summed E-state index contributed by atoms with van der Waals surface area (Å²) in [5, 5.41) is 0. The molecule has 2 atom stereocenters. The Kier molecular flexibility index (Phi) is 4.76. The molecule has 3 heteroatoms. The molecule has 1 heterocycles. The van der Waals surface area contributed by atoms with E-state index >= 15 is 0 Å². The van der Waals surface area contributed by atoms with E-state index in [1.54, 1.807) is 0 Å². The topological polar surface area (TPSA) is 30.7 Å². The number of hydrogen-bond acceptors (Lipinski definition) is 2. The lowest BCUT2D eigenvalue weighted by molar-refractivity contribution is -0.935. The van der Waals surface area contributed by atoms with Crippen LogP contribution >= 0.6 is 0 Å². The minimum Gasteiger partial charge on any atom is -0.462 e. The summed E-state index contributed by atoms with van der Waals surface area (Å²) >= 11 is 0. The van der Waals surface area contributed by atoms with Gasteiger partial charge >= 0.3 is 5.97 Å². The van der Waals surface area contributed by atoms with Gasteiger partial charge in [-0.3, -0.25) is 0 Å². The molecule has 98 valence electrons. The van der Waals surface area contributed by atoms with E-state index in [0.29, 0.717) is 6.61 Å². The highest BCUT2D eigenvalue weighted by Gasteiger charge is 2.33. The molecule has 0 aromatic heterocycles. The highest BCUT2D eigenvalue weighted by Crippen LogP contribution is 2.06. The average Bonchev–Trinajstić information content (AvgIpc) is 2.41. The summed E-state index contributed by atoms with van der Waals surface area (Å²) in [5.74, 6) is -0.0249. The number of ether oxygens (including phenoxy) is 1. The van der Waals surface area contributed by atoms with Crippen molar-refractivity contribution in [2.75, 3.05) is 13.2 Å². The van der Waals surface area contributed by atoms with Crippen LogP contribution in [0.15, 0.2) is 30.3 Å². The van der Waals surface area contributed by atoms with E-state index in [0.717, 1.165) is 25.9 Å². The number of rotatable bonds is 4. The van der Waals surface area contributed by atoms with E-state index in [4.69, 9.17) is 4.74 Å². The van der Waals surface area contributed by atoms with Gasteiger partial charge in [-0.15, -0.1) is 0 Å². The fourth-order valence-electron chi connectivity index (χ4n) is 2.68. The summed E-state index contributed by atoms with van der Waals surface area (Å²) in [6.45, 7) is 4.34. The van der Waals surface area contributed by atoms with Gasteiger partial charge in [-0.2, -0.15) is 0 Å². The first kappa shape index (κ1) is 13.1. The third-order valence-corrected chi connectivity index (χ3v) is 3.58. The predicted molar refractivity (Wildman–Crippen MR) is 70.2 cm³/mol. The van der Waals surface area contributed by atoms with Crippen LogP contribution in [0, 0.1) is 0 Å². The second kappa shape index (κ2) is 6.55. The van der Waals surface area contributed by atoms with Crippen LogP contribution in [-0.2, 0) is 16.1 Å². The zero-order valence-electron chi connectivity index (χ0n) is 11.0. The number of likely N-dealkylation sites (tertiary alicyclic amines) is 1. The SMILES string of the molecule is CCOC(=O)[C@@H]1CCCC[NH+]1Cc1ccccc1. The van der Waals surface area contributed by atoms with Crippen LogP contribution < -0.4 is 4.90 Å². The van der Waals surface area contributed by atoms with Gasteiger partial charge in [0.05, 0.1) is 13.2 Å². The molecule has 2 rings (SSSR count). The molecule has 0 saturated carbocycles. The van der Waals surface area contributed by atoms with Gasteiger partial charge in [0.2, 0.25) is 0 Å². The molecule has 1 saturated heterocycles. The average molecular weight is 248 g/mol.